The molecule has 7 heteroatoms. The molecule has 1 heterocycles. The molecule has 1 aromatic rings. The topological polar surface area (TPSA) is 51.8 Å². The van der Waals surface area contributed by atoms with Crippen molar-refractivity contribution in [2.45, 2.75) is 32.4 Å². The van der Waals surface area contributed by atoms with E-state index >= 15 is 0 Å². The smallest absolute Gasteiger partial charge is 0.383 e. The molecule has 0 saturated heterocycles. The van der Waals surface area contributed by atoms with Crippen LogP contribution in [0.3, 0.4) is 0 Å². The SMILES string of the molecule is CC(C)c1nc(CC(F)(F)F)nc(N)c1I. The molecule has 1 rings (SSSR count). The minimum atomic E-state index is -4.31. The highest BCUT2D eigenvalue weighted by atomic mass is 127. The Labute approximate surface area is 105 Å². The highest BCUT2D eigenvalue weighted by molar-refractivity contribution is 14.1. The molecule has 0 radical (unpaired) electrons. The van der Waals surface area contributed by atoms with Gasteiger partial charge in [-0.1, -0.05) is 13.8 Å². The van der Waals surface area contributed by atoms with E-state index in [0.29, 0.717) is 9.26 Å². The van der Waals surface area contributed by atoms with Crippen molar-refractivity contribution >= 4 is 28.4 Å². The number of nitrogens with two attached hydrogens (primary N) is 1. The zero-order valence-corrected chi connectivity index (χ0v) is 10.9. The Morgan fingerprint density at radius 2 is 1.88 bits per heavy atom. The third kappa shape index (κ3) is 3.46. The molecule has 0 spiro atoms. The van der Waals surface area contributed by atoms with Crippen molar-refractivity contribution < 1.29 is 13.2 Å². The summed E-state index contributed by atoms with van der Waals surface area (Å²) in [6.07, 6.45) is -5.46. The maximum atomic E-state index is 12.2. The summed E-state index contributed by atoms with van der Waals surface area (Å²) in [7, 11) is 0. The molecule has 0 aliphatic carbocycles. The number of hydrogen-bond acceptors (Lipinski definition) is 3. The van der Waals surface area contributed by atoms with E-state index in [1.807, 2.05) is 36.4 Å². The van der Waals surface area contributed by atoms with Gasteiger partial charge in [0, 0.05) is 0 Å². The third-order valence-electron chi connectivity index (χ3n) is 1.85. The van der Waals surface area contributed by atoms with E-state index in [1.165, 1.54) is 0 Å². The van der Waals surface area contributed by atoms with Crippen molar-refractivity contribution in [2.24, 2.45) is 0 Å². The molecular weight excluding hydrogens is 334 g/mol. The molecule has 0 aliphatic rings. The van der Waals surface area contributed by atoms with Crippen LogP contribution < -0.4 is 5.73 Å². The van der Waals surface area contributed by atoms with Gasteiger partial charge in [0.05, 0.1) is 9.26 Å². The van der Waals surface area contributed by atoms with E-state index in [1.54, 1.807) is 0 Å². The number of anilines is 1. The predicted molar refractivity (Wildman–Crippen MR) is 63.0 cm³/mol. The van der Waals surface area contributed by atoms with Crippen LogP contribution in [0.25, 0.3) is 0 Å². The molecule has 0 amide bonds. The van der Waals surface area contributed by atoms with Gasteiger partial charge in [0.15, 0.2) is 0 Å². The average molecular weight is 345 g/mol. The largest absolute Gasteiger partial charge is 0.396 e. The van der Waals surface area contributed by atoms with Crippen LogP contribution in [-0.4, -0.2) is 16.1 Å². The molecule has 0 aliphatic heterocycles. The summed E-state index contributed by atoms with van der Waals surface area (Å²) in [5, 5.41) is 0. The Hall–Kier alpha value is -0.600. The first-order chi connectivity index (χ1) is 7.20. The van der Waals surface area contributed by atoms with Crippen LogP contribution in [0.4, 0.5) is 19.0 Å². The lowest BCUT2D eigenvalue weighted by Crippen LogP contribution is -2.17. The number of nitrogen functional groups attached to an aromatic ring is 1. The fraction of sp³-hybridized carbons (Fsp3) is 0.556. The number of hydrogen-bond donors (Lipinski definition) is 1. The van der Waals surface area contributed by atoms with Gasteiger partial charge in [0.25, 0.3) is 0 Å². The molecule has 0 aromatic carbocycles. The summed E-state index contributed by atoms with van der Waals surface area (Å²) in [5.74, 6) is -0.142. The van der Waals surface area contributed by atoms with Gasteiger partial charge in [-0.3, -0.25) is 0 Å². The third-order valence-corrected chi connectivity index (χ3v) is 2.96. The van der Waals surface area contributed by atoms with Crippen molar-refractivity contribution in [1.29, 1.82) is 0 Å². The molecule has 0 unspecified atom stereocenters. The molecule has 1 aromatic heterocycles. The molecule has 16 heavy (non-hydrogen) atoms. The minimum Gasteiger partial charge on any atom is -0.383 e. The van der Waals surface area contributed by atoms with Crippen molar-refractivity contribution in [3.05, 3.63) is 15.1 Å². The Morgan fingerprint density at radius 3 is 2.31 bits per heavy atom. The first kappa shape index (κ1) is 13.5. The fourth-order valence-corrected chi connectivity index (χ4v) is 2.04. The quantitative estimate of drug-likeness (QED) is 0.839. The van der Waals surface area contributed by atoms with Gasteiger partial charge in [-0.15, -0.1) is 0 Å². The highest BCUT2D eigenvalue weighted by Gasteiger charge is 2.30. The van der Waals surface area contributed by atoms with Crippen LogP contribution in [0.15, 0.2) is 0 Å². The summed E-state index contributed by atoms with van der Waals surface area (Å²) in [5.41, 5.74) is 6.11. The lowest BCUT2D eigenvalue weighted by Gasteiger charge is -2.12. The Balaban J connectivity index is 3.14. The number of rotatable bonds is 2. The highest BCUT2D eigenvalue weighted by Crippen LogP contribution is 2.26. The maximum Gasteiger partial charge on any atom is 0.396 e. The van der Waals surface area contributed by atoms with Crippen molar-refractivity contribution in [3.8, 4) is 0 Å². The summed E-state index contributed by atoms with van der Waals surface area (Å²) < 4.78 is 37.2. The van der Waals surface area contributed by atoms with Gasteiger partial charge in [-0.25, -0.2) is 9.97 Å². The van der Waals surface area contributed by atoms with Gasteiger partial charge in [0.1, 0.15) is 18.1 Å². The molecule has 3 nitrogen and oxygen atoms in total. The van der Waals surface area contributed by atoms with Gasteiger partial charge in [0.2, 0.25) is 0 Å². The lowest BCUT2D eigenvalue weighted by atomic mass is 10.1. The summed E-state index contributed by atoms with van der Waals surface area (Å²) in [4.78, 5) is 7.54. The van der Waals surface area contributed by atoms with E-state index in [4.69, 9.17) is 5.73 Å². The Kier molecular flexibility index (Phi) is 3.97. The predicted octanol–water partition coefficient (Wildman–Crippen LogP) is 2.89. The number of alkyl halides is 3. The van der Waals surface area contributed by atoms with E-state index in [9.17, 15) is 13.2 Å². The lowest BCUT2D eigenvalue weighted by molar-refractivity contribution is -0.128. The number of aromatic nitrogens is 2. The zero-order valence-electron chi connectivity index (χ0n) is 8.77. The van der Waals surface area contributed by atoms with E-state index < -0.39 is 12.6 Å². The van der Waals surface area contributed by atoms with Gasteiger partial charge < -0.3 is 5.73 Å². The van der Waals surface area contributed by atoms with Gasteiger partial charge in [-0.2, -0.15) is 13.2 Å². The molecule has 2 N–H and O–H groups in total. The molecule has 90 valence electrons. The van der Waals surface area contributed by atoms with Crippen LogP contribution in [-0.2, 0) is 6.42 Å². The normalized spacial score (nSPS) is 12.2. The molecule has 0 bridgehead atoms. The first-order valence-electron chi connectivity index (χ1n) is 4.59. The second-order valence-electron chi connectivity index (χ2n) is 3.67. The van der Waals surface area contributed by atoms with Crippen LogP contribution in [0.1, 0.15) is 31.3 Å². The second kappa shape index (κ2) is 4.72. The maximum absolute atomic E-state index is 12.2. The molecule has 0 atom stereocenters. The van der Waals surface area contributed by atoms with Crippen LogP contribution in [0.2, 0.25) is 0 Å². The number of nitrogens with zero attached hydrogens (tertiary/aromatic N) is 2. The first-order valence-corrected chi connectivity index (χ1v) is 5.67. The molecular formula is C9H11F3IN3. The van der Waals surface area contributed by atoms with Crippen molar-refractivity contribution in [2.75, 3.05) is 5.73 Å². The summed E-state index contributed by atoms with van der Waals surface area (Å²) in [6, 6.07) is 0. The van der Waals surface area contributed by atoms with Crippen molar-refractivity contribution in [1.82, 2.24) is 9.97 Å². The summed E-state index contributed by atoms with van der Waals surface area (Å²) in [6.45, 7) is 3.70. The Morgan fingerprint density at radius 1 is 1.31 bits per heavy atom. The van der Waals surface area contributed by atoms with Gasteiger partial charge in [-0.05, 0) is 28.5 Å². The summed E-state index contributed by atoms with van der Waals surface area (Å²) >= 11 is 1.94. The standard InChI is InChI=1S/C9H11F3IN3/c1-4(2)7-6(13)8(14)16-5(15-7)3-9(10,11)12/h4H,3H2,1-2H3,(H2,14,15,16). The monoisotopic (exact) mass is 345 g/mol. The van der Waals surface area contributed by atoms with E-state index in [0.717, 1.165) is 0 Å². The fourth-order valence-electron chi connectivity index (χ4n) is 1.17. The van der Waals surface area contributed by atoms with Crippen LogP contribution >= 0.6 is 22.6 Å². The van der Waals surface area contributed by atoms with Crippen LogP contribution in [0, 0.1) is 3.57 Å². The van der Waals surface area contributed by atoms with Crippen molar-refractivity contribution in [3.63, 3.8) is 0 Å². The van der Waals surface area contributed by atoms with Gasteiger partial charge >= 0.3 is 6.18 Å². The average Bonchev–Trinajstić information content (AvgIpc) is 2.07. The minimum absolute atomic E-state index is 0.0178. The zero-order chi connectivity index (χ0) is 12.5. The van der Waals surface area contributed by atoms with E-state index in [2.05, 4.69) is 9.97 Å². The van der Waals surface area contributed by atoms with E-state index in [-0.39, 0.29) is 17.6 Å². The Bertz CT molecular complexity index is 390. The molecule has 0 saturated carbocycles. The van der Waals surface area contributed by atoms with Crippen LogP contribution in [0.5, 0.6) is 0 Å². The molecule has 0 fully saturated rings. The number of halogens is 4. The second-order valence-corrected chi connectivity index (χ2v) is 4.75.